The van der Waals surface area contributed by atoms with E-state index in [0.29, 0.717) is 32.5 Å². The Morgan fingerprint density at radius 2 is 1.83 bits per heavy atom. The zero-order valence-electron chi connectivity index (χ0n) is 10.2. The summed E-state index contributed by atoms with van der Waals surface area (Å²) < 4.78 is 29.3. The van der Waals surface area contributed by atoms with E-state index in [9.17, 15) is 8.42 Å². The minimum atomic E-state index is -3.54. The van der Waals surface area contributed by atoms with Crippen LogP contribution >= 0.6 is 0 Å². The molecule has 0 saturated carbocycles. The minimum absolute atomic E-state index is 0.114. The Bertz CT molecular complexity index is 467. The van der Waals surface area contributed by atoms with Crippen LogP contribution in [0.1, 0.15) is 18.4 Å². The monoisotopic (exact) mass is 270 g/mol. The van der Waals surface area contributed by atoms with Crippen LogP contribution < -0.4 is 5.14 Å². The van der Waals surface area contributed by atoms with Gasteiger partial charge in [-0.3, -0.25) is 0 Å². The van der Waals surface area contributed by atoms with E-state index in [1.165, 1.54) is 4.31 Å². The molecule has 0 amide bonds. The molecule has 18 heavy (non-hydrogen) atoms. The Balaban J connectivity index is 1.78. The second-order valence-corrected chi connectivity index (χ2v) is 5.99. The summed E-state index contributed by atoms with van der Waals surface area (Å²) in [5.74, 6) is 0. The van der Waals surface area contributed by atoms with Crippen molar-refractivity contribution in [2.45, 2.75) is 25.6 Å². The first-order valence-electron chi connectivity index (χ1n) is 5.99. The van der Waals surface area contributed by atoms with Crippen molar-refractivity contribution in [3.63, 3.8) is 0 Å². The fourth-order valence-electron chi connectivity index (χ4n) is 2.04. The highest BCUT2D eigenvalue weighted by molar-refractivity contribution is 7.86. The van der Waals surface area contributed by atoms with E-state index in [0.717, 1.165) is 5.56 Å². The van der Waals surface area contributed by atoms with Crippen LogP contribution in [0, 0.1) is 0 Å². The standard InChI is InChI=1S/C12H18N2O3S/c13-18(15,16)14-8-6-12(7-9-14)17-10-11-4-2-1-3-5-11/h1-5,12H,6-10H2,(H2,13,15,16). The van der Waals surface area contributed by atoms with E-state index in [-0.39, 0.29) is 6.10 Å². The summed E-state index contributed by atoms with van der Waals surface area (Å²) in [6.07, 6.45) is 1.51. The summed E-state index contributed by atoms with van der Waals surface area (Å²) in [7, 11) is -3.54. The van der Waals surface area contributed by atoms with E-state index < -0.39 is 10.2 Å². The SMILES string of the molecule is NS(=O)(=O)N1CCC(OCc2ccccc2)CC1. The number of hydrogen-bond acceptors (Lipinski definition) is 3. The normalized spacial score (nSPS) is 18.9. The molecule has 1 aliphatic heterocycles. The molecule has 0 bridgehead atoms. The zero-order valence-corrected chi connectivity index (χ0v) is 11.0. The molecule has 0 unspecified atom stereocenters. The highest BCUT2D eigenvalue weighted by atomic mass is 32.2. The van der Waals surface area contributed by atoms with Crippen molar-refractivity contribution in [2.24, 2.45) is 5.14 Å². The smallest absolute Gasteiger partial charge is 0.276 e. The lowest BCUT2D eigenvalue weighted by Gasteiger charge is -2.29. The van der Waals surface area contributed by atoms with Gasteiger partial charge in [-0.1, -0.05) is 30.3 Å². The topological polar surface area (TPSA) is 72.6 Å². The quantitative estimate of drug-likeness (QED) is 0.882. The summed E-state index contributed by atoms with van der Waals surface area (Å²) in [6.45, 7) is 1.46. The van der Waals surface area contributed by atoms with Crippen LogP contribution in [0.3, 0.4) is 0 Å². The molecule has 2 N–H and O–H groups in total. The number of hydrogen-bond donors (Lipinski definition) is 1. The molecule has 2 rings (SSSR count). The minimum Gasteiger partial charge on any atom is -0.373 e. The van der Waals surface area contributed by atoms with Gasteiger partial charge in [-0.05, 0) is 18.4 Å². The molecule has 0 atom stereocenters. The molecule has 1 heterocycles. The van der Waals surface area contributed by atoms with Crippen molar-refractivity contribution in [2.75, 3.05) is 13.1 Å². The molecule has 0 radical (unpaired) electrons. The molecular formula is C12H18N2O3S. The first-order valence-corrected chi connectivity index (χ1v) is 7.49. The molecular weight excluding hydrogens is 252 g/mol. The number of ether oxygens (including phenoxy) is 1. The van der Waals surface area contributed by atoms with Gasteiger partial charge in [0.05, 0.1) is 12.7 Å². The van der Waals surface area contributed by atoms with Gasteiger partial charge in [-0.15, -0.1) is 0 Å². The van der Waals surface area contributed by atoms with Crippen molar-refractivity contribution in [1.29, 1.82) is 0 Å². The first kappa shape index (κ1) is 13.5. The molecule has 1 fully saturated rings. The van der Waals surface area contributed by atoms with Crippen molar-refractivity contribution in [3.8, 4) is 0 Å². The summed E-state index contributed by atoms with van der Waals surface area (Å²) in [5.41, 5.74) is 1.13. The predicted molar refractivity (Wildman–Crippen MR) is 68.9 cm³/mol. The average molecular weight is 270 g/mol. The molecule has 1 aromatic rings. The molecule has 1 aromatic carbocycles. The zero-order chi connectivity index (χ0) is 13.0. The van der Waals surface area contributed by atoms with E-state index in [2.05, 4.69) is 0 Å². The van der Waals surface area contributed by atoms with Gasteiger partial charge >= 0.3 is 0 Å². The lowest BCUT2D eigenvalue weighted by molar-refractivity contribution is 0.0102. The summed E-state index contributed by atoms with van der Waals surface area (Å²) in [5, 5.41) is 5.08. The van der Waals surface area contributed by atoms with Crippen LogP contribution in [-0.2, 0) is 21.6 Å². The molecule has 5 nitrogen and oxygen atoms in total. The third-order valence-electron chi connectivity index (χ3n) is 3.09. The number of piperidine rings is 1. The second kappa shape index (κ2) is 5.79. The highest BCUT2D eigenvalue weighted by Gasteiger charge is 2.25. The van der Waals surface area contributed by atoms with E-state index in [1.807, 2.05) is 30.3 Å². The van der Waals surface area contributed by atoms with Crippen molar-refractivity contribution in [3.05, 3.63) is 35.9 Å². The van der Waals surface area contributed by atoms with Crippen LogP contribution in [0.2, 0.25) is 0 Å². The maximum Gasteiger partial charge on any atom is 0.276 e. The maximum absolute atomic E-state index is 11.1. The van der Waals surface area contributed by atoms with Gasteiger partial charge in [-0.25, -0.2) is 5.14 Å². The predicted octanol–water partition coefficient (Wildman–Crippen LogP) is 0.871. The van der Waals surface area contributed by atoms with Gasteiger partial charge in [0.2, 0.25) is 0 Å². The molecule has 100 valence electrons. The van der Waals surface area contributed by atoms with Crippen LogP contribution in [-0.4, -0.2) is 31.9 Å². The Morgan fingerprint density at radius 3 is 2.39 bits per heavy atom. The highest BCUT2D eigenvalue weighted by Crippen LogP contribution is 2.16. The molecule has 0 aromatic heterocycles. The lowest BCUT2D eigenvalue weighted by atomic mass is 10.1. The number of rotatable bonds is 4. The van der Waals surface area contributed by atoms with Gasteiger partial charge in [0, 0.05) is 13.1 Å². The number of nitrogens with zero attached hydrogens (tertiary/aromatic N) is 1. The van der Waals surface area contributed by atoms with Crippen LogP contribution in [0.5, 0.6) is 0 Å². The lowest BCUT2D eigenvalue weighted by Crippen LogP contribution is -2.43. The molecule has 1 aliphatic rings. The maximum atomic E-state index is 11.1. The van der Waals surface area contributed by atoms with Crippen LogP contribution in [0.25, 0.3) is 0 Å². The van der Waals surface area contributed by atoms with Gasteiger partial charge < -0.3 is 4.74 Å². The van der Waals surface area contributed by atoms with Crippen molar-refractivity contribution < 1.29 is 13.2 Å². The fraction of sp³-hybridized carbons (Fsp3) is 0.500. The molecule has 1 saturated heterocycles. The largest absolute Gasteiger partial charge is 0.373 e. The van der Waals surface area contributed by atoms with Crippen LogP contribution in [0.15, 0.2) is 30.3 Å². The second-order valence-electron chi connectivity index (χ2n) is 4.44. The Labute approximate surface area is 108 Å². The van der Waals surface area contributed by atoms with E-state index in [1.54, 1.807) is 0 Å². The Kier molecular flexibility index (Phi) is 4.34. The number of nitrogens with two attached hydrogens (primary N) is 1. The molecule has 6 heteroatoms. The first-order chi connectivity index (χ1) is 8.55. The van der Waals surface area contributed by atoms with Crippen LogP contribution in [0.4, 0.5) is 0 Å². The Hall–Kier alpha value is -0.950. The summed E-state index contributed by atoms with van der Waals surface area (Å²) in [6, 6.07) is 9.94. The molecule has 0 aliphatic carbocycles. The van der Waals surface area contributed by atoms with Crippen molar-refractivity contribution >= 4 is 10.2 Å². The van der Waals surface area contributed by atoms with Crippen molar-refractivity contribution in [1.82, 2.24) is 4.31 Å². The van der Waals surface area contributed by atoms with E-state index >= 15 is 0 Å². The summed E-state index contributed by atoms with van der Waals surface area (Å²) >= 11 is 0. The molecule has 0 spiro atoms. The van der Waals surface area contributed by atoms with Gasteiger partial charge in [0.25, 0.3) is 10.2 Å². The number of benzene rings is 1. The van der Waals surface area contributed by atoms with E-state index in [4.69, 9.17) is 9.88 Å². The third kappa shape index (κ3) is 3.78. The Morgan fingerprint density at radius 1 is 1.22 bits per heavy atom. The van der Waals surface area contributed by atoms with Gasteiger partial charge in [0.1, 0.15) is 0 Å². The van der Waals surface area contributed by atoms with Gasteiger partial charge in [0.15, 0.2) is 0 Å². The fourth-order valence-corrected chi connectivity index (χ4v) is 2.76. The summed E-state index contributed by atoms with van der Waals surface area (Å²) in [4.78, 5) is 0. The average Bonchev–Trinajstić information content (AvgIpc) is 2.37. The van der Waals surface area contributed by atoms with Gasteiger partial charge in [-0.2, -0.15) is 12.7 Å². The third-order valence-corrected chi connectivity index (χ3v) is 4.17.